The first kappa shape index (κ1) is 10.3. The molecule has 0 aliphatic rings. The van der Waals surface area contributed by atoms with E-state index < -0.39 is 0 Å². The Hall–Kier alpha value is -1.76. The molecule has 4 heteroatoms. The highest BCUT2D eigenvalue weighted by Gasteiger charge is 2.03. The van der Waals surface area contributed by atoms with Crippen LogP contribution in [0.25, 0.3) is 0 Å². The lowest BCUT2D eigenvalue weighted by atomic mass is 10.2. The Balaban J connectivity index is 2.64. The molecule has 1 atom stereocenters. The largest absolute Gasteiger partial charge is 0.481 e. The van der Waals surface area contributed by atoms with E-state index in [9.17, 15) is 0 Å². The van der Waals surface area contributed by atoms with Gasteiger partial charge in [0.1, 0.15) is 6.04 Å². The maximum absolute atomic E-state index is 8.73. The Morgan fingerprint density at radius 2 is 2.43 bits per heavy atom. The zero-order valence-electron chi connectivity index (χ0n) is 8.32. The highest BCUT2D eigenvalue weighted by molar-refractivity contribution is 5.44. The van der Waals surface area contributed by atoms with Crippen LogP contribution in [0.4, 0.5) is 5.69 Å². The number of nitriles is 1. The van der Waals surface area contributed by atoms with E-state index in [4.69, 9.17) is 10.00 Å². The molecular weight excluding hydrogens is 178 g/mol. The molecule has 0 amide bonds. The fraction of sp³-hybridized carbons (Fsp3) is 0.400. The van der Waals surface area contributed by atoms with Gasteiger partial charge in [-0.15, -0.1) is 0 Å². The molecule has 1 N–H and O–H groups in total. The number of rotatable bonds is 4. The highest BCUT2D eigenvalue weighted by atomic mass is 16.5. The molecule has 0 saturated carbocycles. The third-order valence-corrected chi connectivity index (χ3v) is 1.85. The second-order valence-corrected chi connectivity index (χ2v) is 2.82. The van der Waals surface area contributed by atoms with Gasteiger partial charge in [0.15, 0.2) is 0 Å². The van der Waals surface area contributed by atoms with Crippen LogP contribution in [-0.4, -0.2) is 18.1 Å². The van der Waals surface area contributed by atoms with Gasteiger partial charge in [-0.2, -0.15) is 5.26 Å². The summed E-state index contributed by atoms with van der Waals surface area (Å²) in [6.07, 6.45) is 2.42. The normalized spacial score (nSPS) is 11.5. The molecule has 0 radical (unpaired) electrons. The number of ether oxygens (including phenoxy) is 1. The second-order valence-electron chi connectivity index (χ2n) is 2.82. The zero-order valence-corrected chi connectivity index (χ0v) is 8.32. The standard InChI is InChI=1S/C10H13N3O/c1-3-8(6-11)13-9-4-5-10(14-2)12-7-9/h4-5,7-8,13H,3H2,1-2H3. The van der Waals surface area contributed by atoms with Crippen molar-refractivity contribution in [3.63, 3.8) is 0 Å². The van der Waals surface area contributed by atoms with Crippen LogP contribution >= 0.6 is 0 Å². The fourth-order valence-electron chi connectivity index (χ4n) is 1.01. The summed E-state index contributed by atoms with van der Waals surface area (Å²) in [6.45, 7) is 1.96. The Kier molecular flexibility index (Phi) is 3.74. The van der Waals surface area contributed by atoms with Crippen molar-refractivity contribution in [3.8, 4) is 11.9 Å². The van der Waals surface area contributed by atoms with Crippen molar-refractivity contribution < 1.29 is 4.74 Å². The molecule has 0 bridgehead atoms. The minimum absolute atomic E-state index is 0.162. The van der Waals surface area contributed by atoms with Crippen LogP contribution in [0.2, 0.25) is 0 Å². The van der Waals surface area contributed by atoms with Gasteiger partial charge in [0.2, 0.25) is 5.88 Å². The monoisotopic (exact) mass is 191 g/mol. The van der Waals surface area contributed by atoms with Crippen molar-refractivity contribution >= 4 is 5.69 Å². The minimum Gasteiger partial charge on any atom is -0.481 e. The van der Waals surface area contributed by atoms with Crippen LogP contribution in [0.3, 0.4) is 0 Å². The van der Waals surface area contributed by atoms with Crippen molar-refractivity contribution in [3.05, 3.63) is 18.3 Å². The van der Waals surface area contributed by atoms with Gasteiger partial charge in [-0.1, -0.05) is 6.92 Å². The number of nitrogens with one attached hydrogen (secondary N) is 1. The van der Waals surface area contributed by atoms with Crippen LogP contribution in [0.1, 0.15) is 13.3 Å². The van der Waals surface area contributed by atoms with Crippen LogP contribution in [0, 0.1) is 11.3 Å². The number of aromatic nitrogens is 1. The Morgan fingerprint density at radius 1 is 1.64 bits per heavy atom. The smallest absolute Gasteiger partial charge is 0.213 e. The molecule has 0 spiro atoms. The van der Waals surface area contributed by atoms with E-state index >= 15 is 0 Å². The summed E-state index contributed by atoms with van der Waals surface area (Å²) >= 11 is 0. The second kappa shape index (κ2) is 5.07. The summed E-state index contributed by atoms with van der Waals surface area (Å²) in [7, 11) is 1.57. The van der Waals surface area contributed by atoms with Gasteiger partial charge < -0.3 is 10.1 Å². The predicted molar refractivity (Wildman–Crippen MR) is 54.1 cm³/mol. The van der Waals surface area contributed by atoms with Crippen LogP contribution in [0.15, 0.2) is 18.3 Å². The number of hydrogen-bond acceptors (Lipinski definition) is 4. The molecular formula is C10H13N3O. The Bertz CT molecular complexity index is 315. The van der Waals surface area contributed by atoms with E-state index in [2.05, 4.69) is 16.4 Å². The molecule has 4 nitrogen and oxygen atoms in total. The summed E-state index contributed by atoms with van der Waals surface area (Å²) < 4.78 is 4.92. The molecule has 74 valence electrons. The van der Waals surface area contributed by atoms with Crippen LogP contribution in [0.5, 0.6) is 5.88 Å². The van der Waals surface area contributed by atoms with E-state index in [1.54, 1.807) is 19.4 Å². The van der Waals surface area contributed by atoms with Crippen molar-refractivity contribution in [2.45, 2.75) is 19.4 Å². The maximum Gasteiger partial charge on any atom is 0.213 e. The number of pyridine rings is 1. The van der Waals surface area contributed by atoms with Gasteiger partial charge in [-0.25, -0.2) is 4.98 Å². The topological polar surface area (TPSA) is 57.9 Å². The van der Waals surface area contributed by atoms with E-state index in [0.717, 1.165) is 12.1 Å². The molecule has 1 aromatic rings. The first-order valence-electron chi connectivity index (χ1n) is 4.46. The molecule has 0 saturated heterocycles. The van der Waals surface area contributed by atoms with Crippen LogP contribution in [-0.2, 0) is 0 Å². The molecule has 1 aromatic heterocycles. The lowest BCUT2D eigenvalue weighted by molar-refractivity contribution is 0.398. The highest BCUT2D eigenvalue weighted by Crippen LogP contribution is 2.12. The lowest BCUT2D eigenvalue weighted by Crippen LogP contribution is -2.15. The molecule has 0 aromatic carbocycles. The third kappa shape index (κ3) is 2.63. The lowest BCUT2D eigenvalue weighted by Gasteiger charge is -2.10. The molecule has 0 aliphatic carbocycles. The predicted octanol–water partition coefficient (Wildman–Crippen LogP) is 1.80. The van der Waals surface area contributed by atoms with Gasteiger partial charge >= 0.3 is 0 Å². The summed E-state index contributed by atoms with van der Waals surface area (Å²) in [6, 6.07) is 5.59. The zero-order chi connectivity index (χ0) is 10.4. The molecule has 14 heavy (non-hydrogen) atoms. The number of nitrogens with zero attached hydrogens (tertiary/aromatic N) is 2. The molecule has 1 unspecified atom stereocenters. The van der Waals surface area contributed by atoms with E-state index in [-0.39, 0.29) is 6.04 Å². The van der Waals surface area contributed by atoms with Gasteiger partial charge in [-0.05, 0) is 12.5 Å². The van der Waals surface area contributed by atoms with Gasteiger partial charge in [0, 0.05) is 6.07 Å². The van der Waals surface area contributed by atoms with E-state index in [0.29, 0.717) is 5.88 Å². The minimum atomic E-state index is -0.162. The molecule has 0 aliphatic heterocycles. The third-order valence-electron chi connectivity index (χ3n) is 1.85. The van der Waals surface area contributed by atoms with Crippen molar-refractivity contribution in [1.82, 2.24) is 4.98 Å². The van der Waals surface area contributed by atoms with E-state index in [1.807, 2.05) is 13.0 Å². The number of hydrogen-bond donors (Lipinski definition) is 1. The van der Waals surface area contributed by atoms with Gasteiger partial charge in [0.25, 0.3) is 0 Å². The van der Waals surface area contributed by atoms with Crippen molar-refractivity contribution in [2.24, 2.45) is 0 Å². The number of anilines is 1. The number of methoxy groups -OCH3 is 1. The average Bonchev–Trinajstić information content (AvgIpc) is 2.26. The fourth-order valence-corrected chi connectivity index (χ4v) is 1.01. The summed E-state index contributed by atoms with van der Waals surface area (Å²) in [5.41, 5.74) is 0.833. The maximum atomic E-state index is 8.73. The van der Waals surface area contributed by atoms with Crippen molar-refractivity contribution in [2.75, 3.05) is 12.4 Å². The first-order chi connectivity index (χ1) is 6.80. The van der Waals surface area contributed by atoms with Crippen molar-refractivity contribution in [1.29, 1.82) is 5.26 Å². The molecule has 0 fully saturated rings. The Morgan fingerprint density at radius 3 is 2.86 bits per heavy atom. The van der Waals surface area contributed by atoms with E-state index in [1.165, 1.54) is 0 Å². The molecule has 1 rings (SSSR count). The Labute approximate surface area is 83.5 Å². The summed E-state index contributed by atoms with van der Waals surface area (Å²) in [4.78, 5) is 4.02. The molecule has 1 heterocycles. The van der Waals surface area contributed by atoms with Crippen LogP contribution < -0.4 is 10.1 Å². The van der Waals surface area contributed by atoms with Gasteiger partial charge in [0.05, 0.1) is 25.1 Å². The SMILES string of the molecule is CCC(C#N)Nc1ccc(OC)nc1. The van der Waals surface area contributed by atoms with Gasteiger partial charge in [-0.3, -0.25) is 0 Å². The first-order valence-corrected chi connectivity index (χ1v) is 4.46. The summed E-state index contributed by atoms with van der Waals surface area (Å²) in [5, 5.41) is 11.8. The average molecular weight is 191 g/mol. The quantitative estimate of drug-likeness (QED) is 0.788. The summed E-state index contributed by atoms with van der Waals surface area (Å²) in [5.74, 6) is 0.570.